The monoisotopic (exact) mass is 334 g/mol. The molecule has 1 aromatic carbocycles. The van der Waals surface area contributed by atoms with Crippen LogP contribution in [-0.2, 0) is 0 Å². The van der Waals surface area contributed by atoms with Crippen molar-refractivity contribution in [3.63, 3.8) is 0 Å². The Bertz CT molecular complexity index is 769. The SMILES string of the molecule is CC(Sc1nnc(-c2cccs2)o1)C(=O)c1ccc(F)cc1. The standard InChI is InChI=1S/C15H11FN2O2S2/c1-9(13(19)10-4-6-11(16)7-5-10)22-15-18-17-14(20-15)12-3-2-8-21-12/h2-9H,1H3. The second-order valence-electron chi connectivity index (χ2n) is 4.48. The summed E-state index contributed by atoms with van der Waals surface area (Å²) in [5.41, 5.74) is 0.458. The molecule has 22 heavy (non-hydrogen) atoms. The average molecular weight is 334 g/mol. The van der Waals surface area contributed by atoms with E-state index in [1.165, 1.54) is 47.4 Å². The minimum Gasteiger partial charge on any atom is -0.410 e. The van der Waals surface area contributed by atoms with Crippen molar-refractivity contribution < 1.29 is 13.6 Å². The van der Waals surface area contributed by atoms with E-state index in [0.29, 0.717) is 16.7 Å². The smallest absolute Gasteiger partial charge is 0.277 e. The first-order valence-electron chi connectivity index (χ1n) is 6.47. The van der Waals surface area contributed by atoms with Gasteiger partial charge in [0.15, 0.2) is 5.78 Å². The number of Topliss-reactive ketones (excluding diaryl/α,β-unsaturated/α-hetero) is 1. The van der Waals surface area contributed by atoms with E-state index in [9.17, 15) is 9.18 Å². The van der Waals surface area contributed by atoms with Crippen molar-refractivity contribution in [1.82, 2.24) is 10.2 Å². The predicted molar refractivity (Wildman–Crippen MR) is 83.7 cm³/mol. The van der Waals surface area contributed by atoms with Gasteiger partial charge in [0.1, 0.15) is 5.82 Å². The lowest BCUT2D eigenvalue weighted by atomic mass is 10.1. The van der Waals surface area contributed by atoms with Crippen LogP contribution in [0.3, 0.4) is 0 Å². The van der Waals surface area contributed by atoms with Gasteiger partial charge in [0.2, 0.25) is 0 Å². The van der Waals surface area contributed by atoms with Gasteiger partial charge in [-0.05, 0) is 42.6 Å². The molecule has 0 N–H and O–H groups in total. The van der Waals surface area contributed by atoms with Crippen LogP contribution in [0.5, 0.6) is 0 Å². The number of halogens is 1. The molecule has 0 fully saturated rings. The third kappa shape index (κ3) is 3.26. The zero-order valence-electron chi connectivity index (χ0n) is 11.5. The first kappa shape index (κ1) is 14.9. The molecule has 2 heterocycles. The molecule has 0 saturated carbocycles. The minimum absolute atomic E-state index is 0.110. The number of nitrogens with zero attached hydrogens (tertiary/aromatic N) is 2. The molecule has 0 spiro atoms. The number of thiophene rings is 1. The van der Waals surface area contributed by atoms with Crippen molar-refractivity contribution in [2.24, 2.45) is 0 Å². The summed E-state index contributed by atoms with van der Waals surface area (Å²) >= 11 is 2.69. The summed E-state index contributed by atoms with van der Waals surface area (Å²) in [6, 6.07) is 9.27. The lowest BCUT2D eigenvalue weighted by Crippen LogP contribution is -2.13. The molecule has 1 unspecified atom stereocenters. The van der Waals surface area contributed by atoms with E-state index < -0.39 is 5.25 Å². The van der Waals surface area contributed by atoms with Crippen molar-refractivity contribution in [2.75, 3.05) is 0 Å². The Kier molecular flexibility index (Phi) is 4.35. The number of hydrogen-bond donors (Lipinski definition) is 0. The van der Waals surface area contributed by atoms with Crippen molar-refractivity contribution in [1.29, 1.82) is 0 Å². The lowest BCUT2D eigenvalue weighted by Gasteiger charge is -2.07. The molecule has 0 amide bonds. The average Bonchev–Trinajstić information content (AvgIpc) is 3.18. The van der Waals surface area contributed by atoms with Crippen molar-refractivity contribution in [2.45, 2.75) is 17.4 Å². The number of carbonyl (C=O) groups is 1. The number of carbonyl (C=O) groups excluding carboxylic acids is 1. The highest BCUT2D eigenvalue weighted by atomic mass is 32.2. The highest BCUT2D eigenvalue weighted by Crippen LogP contribution is 2.29. The van der Waals surface area contributed by atoms with Crippen LogP contribution in [0.15, 0.2) is 51.4 Å². The zero-order chi connectivity index (χ0) is 15.5. The molecule has 0 aliphatic heterocycles. The fourth-order valence-corrected chi connectivity index (χ4v) is 3.22. The number of aromatic nitrogens is 2. The summed E-state index contributed by atoms with van der Waals surface area (Å²) in [4.78, 5) is 13.2. The van der Waals surface area contributed by atoms with Gasteiger partial charge in [-0.3, -0.25) is 4.79 Å². The van der Waals surface area contributed by atoms with Gasteiger partial charge in [0.05, 0.1) is 10.1 Å². The molecule has 0 saturated heterocycles. The summed E-state index contributed by atoms with van der Waals surface area (Å²) < 4.78 is 18.4. The summed E-state index contributed by atoms with van der Waals surface area (Å²) in [5, 5.41) is 9.77. The molecule has 112 valence electrons. The summed E-state index contributed by atoms with van der Waals surface area (Å²) in [7, 11) is 0. The van der Waals surface area contributed by atoms with E-state index in [4.69, 9.17) is 4.42 Å². The van der Waals surface area contributed by atoms with Gasteiger partial charge >= 0.3 is 0 Å². The second-order valence-corrected chi connectivity index (χ2v) is 6.72. The third-order valence-corrected chi connectivity index (χ3v) is 4.71. The van der Waals surface area contributed by atoms with Crippen LogP contribution in [0.2, 0.25) is 0 Å². The second kappa shape index (κ2) is 6.41. The molecule has 0 bridgehead atoms. The number of thioether (sulfide) groups is 1. The molecule has 4 nitrogen and oxygen atoms in total. The van der Waals surface area contributed by atoms with Gasteiger partial charge in [0.25, 0.3) is 11.1 Å². The fourth-order valence-electron chi connectivity index (χ4n) is 1.81. The van der Waals surface area contributed by atoms with Gasteiger partial charge in [-0.2, -0.15) is 0 Å². The Balaban J connectivity index is 1.70. The van der Waals surface area contributed by atoms with E-state index in [1.807, 2.05) is 17.5 Å². The number of benzene rings is 1. The Hall–Kier alpha value is -1.99. The molecule has 7 heteroatoms. The van der Waals surface area contributed by atoms with Crippen LogP contribution in [0.25, 0.3) is 10.8 Å². The molecular formula is C15H11FN2O2S2. The Morgan fingerprint density at radius 2 is 2.05 bits per heavy atom. The summed E-state index contributed by atoms with van der Waals surface area (Å²) in [6.45, 7) is 1.76. The highest BCUT2D eigenvalue weighted by Gasteiger charge is 2.20. The third-order valence-electron chi connectivity index (χ3n) is 2.91. The Morgan fingerprint density at radius 1 is 1.27 bits per heavy atom. The summed E-state index contributed by atoms with van der Waals surface area (Å²) in [6.07, 6.45) is 0. The molecule has 1 atom stereocenters. The number of rotatable bonds is 5. The predicted octanol–water partition coefficient (Wildman–Crippen LogP) is 4.30. The van der Waals surface area contributed by atoms with Crippen LogP contribution in [0.4, 0.5) is 4.39 Å². The van der Waals surface area contributed by atoms with Crippen molar-refractivity contribution in [3.8, 4) is 10.8 Å². The van der Waals surface area contributed by atoms with Crippen LogP contribution in [-0.4, -0.2) is 21.2 Å². The van der Waals surface area contributed by atoms with E-state index in [2.05, 4.69) is 10.2 Å². The molecular weight excluding hydrogens is 323 g/mol. The van der Waals surface area contributed by atoms with E-state index in [-0.39, 0.29) is 11.6 Å². The van der Waals surface area contributed by atoms with Crippen LogP contribution >= 0.6 is 23.1 Å². The van der Waals surface area contributed by atoms with Gasteiger partial charge < -0.3 is 4.42 Å². The first-order valence-corrected chi connectivity index (χ1v) is 8.23. The number of hydrogen-bond acceptors (Lipinski definition) is 6. The largest absolute Gasteiger partial charge is 0.410 e. The van der Waals surface area contributed by atoms with Gasteiger partial charge in [-0.25, -0.2) is 4.39 Å². The molecule has 3 aromatic rings. The molecule has 0 radical (unpaired) electrons. The van der Waals surface area contributed by atoms with Crippen LogP contribution < -0.4 is 0 Å². The van der Waals surface area contributed by atoms with Crippen molar-refractivity contribution >= 4 is 28.9 Å². The first-order chi connectivity index (χ1) is 10.6. The highest BCUT2D eigenvalue weighted by molar-refractivity contribution is 8.00. The molecule has 2 aromatic heterocycles. The van der Waals surface area contributed by atoms with Crippen molar-refractivity contribution in [3.05, 3.63) is 53.2 Å². The molecule has 0 aliphatic carbocycles. The Morgan fingerprint density at radius 3 is 2.73 bits per heavy atom. The zero-order valence-corrected chi connectivity index (χ0v) is 13.2. The minimum atomic E-state index is -0.401. The summed E-state index contributed by atoms with van der Waals surface area (Å²) in [5.74, 6) is -0.0332. The quantitative estimate of drug-likeness (QED) is 0.514. The van der Waals surface area contributed by atoms with E-state index in [0.717, 1.165) is 4.88 Å². The maximum absolute atomic E-state index is 12.9. The maximum Gasteiger partial charge on any atom is 0.277 e. The lowest BCUT2D eigenvalue weighted by molar-refractivity contribution is 0.0993. The van der Waals surface area contributed by atoms with Gasteiger partial charge in [-0.1, -0.05) is 17.8 Å². The maximum atomic E-state index is 12.9. The normalized spacial score (nSPS) is 12.3. The molecule has 3 rings (SSSR count). The molecule has 0 aliphatic rings. The Labute approximate surface area is 134 Å². The number of ketones is 1. The van der Waals surface area contributed by atoms with Crippen LogP contribution in [0, 0.1) is 5.82 Å². The van der Waals surface area contributed by atoms with Gasteiger partial charge in [-0.15, -0.1) is 21.5 Å². The fraction of sp³-hybridized carbons (Fsp3) is 0.133. The van der Waals surface area contributed by atoms with Gasteiger partial charge in [0, 0.05) is 5.56 Å². The van der Waals surface area contributed by atoms with E-state index >= 15 is 0 Å². The van der Waals surface area contributed by atoms with E-state index in [1.54, 1.807) is 6.92 Å². The topological polar surface area (TPSA) is 56.0 Å². The van der Waals surface area contributed by atoms with Crippen LogP contribution in [0.1, 0.15) is 17.3 Å².